The highest BCUT2D eigenvalue weighted by Gasteiger charge is 2.39. The molecule has 0 bridgehead atoms. The SMILES string of the molecule is CCNC(Cc1nccn1C)C1(CC)CCCC1. The van der Waals surface area contributed by atoms with Gasteiger partial charge in [0.2, 0.25) is 0 Å². The van der Waals surface area contributed by atoms with Gasteiger partial charge in [-0.3, -0.25) is 0 Å². The molecule has 0 radical (unpaired) electrons. The van der Waals surface area contributed by atoms with Crippen LogP contribution in [0.15, 0.2) is 12.4 Å². The summed E-state index contributed by atoms with van der Waals surface area (Å²) in [5, 5.41) is 3.73. The summed E-state index contributed by atoms with van der Waals surface area (Å²) in [6, 6.07) is 0.580. The lowest BCUT2D eigenvalue weighted by Crippen LogP contribution is -2.45. The van der Waals surface area contributed by atoms with Gasteiger partial charge in [-0.1, -0.05) is 26.7 Å². The van der Waals surface area contributed by atoms with Crippen molar-refractivity contribution in [1.82, 2.24) is 14.9 Å². The van der Waals surface area contributed by atoms with E-state index in [1.807, 2.05) is 12.4 Å². The minimum absolute atomic E-state index is 0.502. The minimum atomic E-state index is 0.502. The lowest BCUT2D eigenvalue weighted by atomic mass is 9.74. The molecule has 0 aliphatic heterocycles. The lowest BCUT2D eigenvalue weighted by molar-refractivity contribution is 0.184. The van der Waals surface area contributed by atoms with Crippen molar-refractivity contribution in [3.63, 3.8) is 0 Å². The first-order valence-corrected chi connectivity index (χ1v) is 7.41. The first-order chi connectivity index (χ1) is 8.72. The van der Waals surface area contributed by atoms with Crippen LogP contribution >= 0.6 is 0 Å². The number of nitrogens with zero attached hydrogens (tertiary/aromatic N) is 2. The van der Waals surface area contributed by atoms with Crippen LogP contribution in [0.25, 0.3) is 0 Å². The van der Waals surface area contributed by atoms with Gasteiger partial charge in [-0.15, -0.1) is 0 Å². The Hall–Kier alpha value is -0.830. The number of aryl methyl sites for hydroxylation is 1. The van der Waals surface area contributed by atoms with E-state index in [1.165, 1.54) is 37.9 Å². The number of aromatic nitrogens is 2. The largest absolute Gasteiger partial charge is 0.338 e. The summed E-state index contributed by atoms with van der Waals surface area (Å²) in [7, 11) is 2.10. The van der Waals surface area contributed by atoms with Crippen LogP contribution in [-0.2, 0) is 13.5 Å². The predicted octanol–water partition coefficient (Wildman–Crippen LogP) is 2.91. The van der Waals surface area contributed by atoms with E-state index < -0.39 is 0 Å². The molecule has 1 N–H and O–H groups in total. The van der Waals surface area contributed by atoms with E-state index in [9.17, 15) is 0 Å². The fraction of sp³-hybridized carbons (Fsp3) is 0.800. The van der Waals surface area contributed by atoms with Crippen molar-refractivity contribution in [2.75, 3.05) is 6.54 Å². The zero-order chi connectivity index (χ0) is 13.0. The first kappa shape index (κ1) is 13.6. The third kappa shape index (κ3) is 2.61. The van der Waals surface area contributed by atoms with Gasteiger partial charge in [-0.05, 0) is 31.2 Å². The monoisotopic (exact) mass is 249 g/mol. The van der Waals surface area contributed by atoms with E-state index in [-0.39, 0.29) is 0 Å². The summed E-state index contributed by atoms with van der Waals surface area (Å²) in [5.74, 6) is 1.21. The molecule has 1 aromatic heterocycles. The van der Waals surface area contributed by atoms with E-state index >= 15 is 0 Å². The molecule has 1 aliphatic rings. The van der Waals surface area contributed by atoms with Crippen molar-refractivity contribution in [3.05, 3.63) is 18.2 Å². The van der Waals surface area contributed by atoms with E-state index in [1.54, 1.807) is 0 Å². The van der Waals surface area contributed by atoms with Crippen LogP contribution in [-0.4, -0.2) is 22.1 Å². The molecule has 0 saturated heterocycles. The molecule has 0 spiro atoms. The number of imidazole rings is 1. The maximum absolute atomic E-state index is 4.50. The van der Waals surface area contributed by atoms with Crippen molar-refractivity contribution in [1.29, 1.82) is 0 Å². The van der Waals surface area contributed by atoms with Gasteiger partial charge < -0.3 is 9.88 Å². The van der Waals surface area contributed by atoms with Crippen molar-refractivity contribution < 1.29 is 0 Å². The van der Waals surface area contributed by atoms with Gasteiger partial charge in [0.05, 0.1) is 0 Å². The number of hydrogen-bond donors (Lipinski definition) is 1. The molecule has 1 aromatic rings. The van der Waals surface area contributed by atoms with E-state index in [0.29, 0.717) is 11.5 Å². The number of rotatable bonds is 6. The molecule has 18 heavy (non-hydrogen) atoms. The maximum atomic E-state index is 4.50. The standard InChI is InChI=1S/C15H27N3/c1-4-15(8-6-7-9-15)13(16-5-2)12-14-17-10-11-18(14)3/h10-11,13,16H,4-9,12H2,1-3H3. The molecule has 1 saturated carbocycles. The molecule has 1 unspecified atom stereocenters. The van der Waals surface area contributed by atoms with Crippen LogP contribution in [0.5, 0.6) is 0 Å². The second-order valence-corrected chi connectivity index (χ2v) is 5.69. The summed E-state index contributed by atoms with van der Waals surface area (Å²) >= 11 is 0. The Bertz CT molecular complexity index is 364. The summed E-state index contributed by atoms with van der Waals surface area (Å²) in [6.45, 7) is 5.62. The summed E-state index contributed by atoms with van der Waals surface area (Å²) < 4.78 is 2.16. The van der Waals surface area contributed by atoms with Crippen molar-refractivity contribution in [3.8, 4) is 0 Å². The Balaban J connectivity index is 2.14. The molecule has 1 fully saturated rings. The van der Waals surface area contributed by atoms with Gasteiger partial charge >= 0.3 is 0 Å². The number of nitrogens with one attached hydrogen (secondary N) is 1. The maximum Gasteiger partial charge on any atom is 0.109 e. The van der Waals surface area contributed by atoms with Gasteiger partial charge in [0.1, 0.15) is 5.82 Å². The van der Waals surface area contributed by atoms with Gasteiger partial charge in [-0.25, -0.2) is 4.98 Å². The molecule has 1 atom stereocenters. The Morgan fingerprint density at radius 3 is 2.61 bits per heavy atom. The van der Waals surface area contributed by atoms with Crippen LogP contribution < -0.4 is 5.32 Å². The zero-order valence-corrected chi connectivity index (χ0v) is 12.1. The fourth-order valence-electron chi connectivity index (χ4n) is 3.55. The van der Waals surface area contributed by atoms with Gasteiger partial charge in [0.25, 0.3) is 0 Å². The third-order valence-corrected chi connectivity index (χ3v) is 4.80. The highest BCUT2D eigenvalue weighted by Crippen LogP contribution is 2.44. The Labute approximate surface area is 111 Å². The van der Waals surface area contributed by atoms with Crippen LogP contribution in [0.3, 0.4) is 0 Å². The third-order valence-electron chi connectivity index (χ3n) is 4.80. The quantitative estimate of drug-likeness (QED) is 0.840. The Morgan fingerprint density at radius 2 is 2.11 bits per heavy atom. The van der Waals surface area contributed by atoms with Gasteiger partial charge in [-0.2, -0.15) is 0 Å². The van der Waals surface area contributed by atoms with E-state index in [4.69, 9.17) is 0 Å². The minimum Gasteiger partial charge on any atom is -0.338 e. The molecule has 0 aromatic carbocycles. The predicted molar refractivity (Wildman–Crippen MR) is 75.6 cm³/mol. The molecule has 0 amide bonds. The lowest BCUT2D eigenvalue weighted by Gasteiger charge is -2.37. The summed E-state index contributed by atoms with van der Waals surface area (Å²) in [4.78, 5) is 4.50. The van der Waals surface area contributed by atoms with Crippen molar-refractivity contribution in [2.24, 2.45) is 12.5 Å². The van der Waals surface area contributed by atoms with Crippen LogP contribution in [0.1, 0.15) is 51.8 Å². The first-order valence-electron chi connectivity index (χ1n) is 7.41. The second kappa shape index (κ2) is 5.87. The molecule has 3 nitrogen and oxygen atoms in total. The molecular weight excluding hydrogens is 222 g/mol. The summed E-state index contributed by atoms with van der Waals surface area (Å²) in [6.07, 6.45) is 11.9. The zero-order valence-electron chi connectivity index (χ0n) is 12.1. The molecule has 2 rings (SSSR count). The normalized spacial score (nSPS) is 20.2. The molecule has 1 heterocycles. The fourth-order valence-corrected chi connectivity index (χ4v) is 3.55. The average molecular weight is 249 g/mol. The van der Waals surface area contributed by atoms with Crippen LogP contribution in [0.4, 0.5) is 0 Å². The van der Waals surface area contributed by atoms with E-state index in [2.05, 4.69) is 35.8 Å². The molecule has 3 heteroatoms. The smallest absolute Gasteiger partial charge is 0.109 e. The molecule has 102 valence electrons. The Kier molecular flexibility index (Phi) is 4.44. The van der Waals surface area contributed by atoms with E-state index in [0.717, 1.165) is 13.0 Å². The highest BCUT2D eigenvalue weighted by atomic mass is 15.0. The van der Waals surface area contributed by atoms with Crippen LogP contribution in [0.2, 0.25) is 0 Å². The Morgan fingerprint density at radius 1 is 1.39 bits per heavy atom. The summed E-state index contributed by atoms with van der Waals surface area (Å²) in [5.41, 5.74) is 0.502. The van der Waals surface area contributed by atoms with Crippen molar-refractivity contribution in [2.45, 2.75) is 58.4 Å². The average Bonchev–Trinajstić information content (AvgIpc) is 2.99. The molecule has 1 aliphatic carbocycles. The van der Waals surface area contributed by atoms with Gasteiger partial charge in [0, 0.05) is 31.9 Å². The topological polar surface area (TPSA) is 29.9 Å². The van der Waals surface area contributed by atoms with Crippen LogP contribution in [0, 0.1) is 5.41 Å². The second-order valence-electron chi connectivity index (χ2n) is 5.69. The number of hydrogen-bond acceptors (Lipinski definition) is 2. The number of likely N-dealkylation sites (N-methyl/N-ethyl adjacent to an activating group) is 1. The molecular formula is C15H27N3. The van der Waals surface area contributed by atoms with Crippen molar-refractivity contribution >= 4 is 0 Å². The van der Waals surface area contributed by atoms with Gasteiger partial charge in [0.15, 0.2) is 0 Å². The highest BCUT2D eigenvalue weighted by molar-refractivity contribution is 5.01.